The number of hydrogen-bond acceptors (Lipinski definition) is 2. The van der Waals surface area contributed by atoms with Crippen molar-refractivity contribution in [3.63, 3.8) is 0 Å². The fourth-order valence-corrected chi connectivity index (χ4v) is 1.39. The molecule has 0 saturated heterocycles. The van der Waals surface area contributed by atoms with E-state index >= 15 is 0 Å². The third kappa shape index (κ3) is 3.93. The van der Waals surface area contributed by atoms with Crippen molar-refractivity contribution in [3.05, 3.63) is 54.1 Å². The Morgan fingerprint density at radius 3 is 2.94 bits per heavy atom. The van der Waals surface area contributed by atoms with Crippen LogP contribution in [0.1, 0.15) is 11.1 Å². The Bertz CT molecular complexity index is 436. The van der Waals surface area contributed by atoms with Crippen LogP contribution in [0.15, 0.2) is 48.0 Å². The van der Waals surface area contributed by atoms with Gasteiger partial charge in [-0.2, -0.15) is 5.26 Å². The van der Waals surface area contributed by atoms with Crippen molar-refractivity contribution in [3.8, 4) is 6.07 Å². The van der Waals surface area contributed by atoms with E-state index in [-0.39, 0.29) is 0 Å². The quantitative estimate of drug-likeness (QED) is 0.543. The molecule has 0 aliphatic carbocycles. The second-order valence-corrected chi connectivity index (χ2v) is 3.21. The van der Waals surface area contributed by atoms with Gasteiger partial charge in [-0.15, -0.1) is 0 Å². The molecule has 1 aromatic rings. The second kappa shape index (κ2) is 7.19. The standard InChI is InChI=1S/C14H14N2/c1-2-3-6-13-7-4-5-8-14(13)9-11-16-12-10-15/h2-8,12H,1,9,11H2/b6-3+,16-12?. The molecule has 0 aliphatic heterocycles. The Kier molecular flexibility index (Phi) is 5.36. The molecule has 2 nitrogen and oxygen atoms in total. The van der Waals surface area contributed by atoms with E-state index in [9.17, 15) is 0 Å². The Hall–Kier alpha value is -2.14. The topological polar surface area (TPSA) is 36.1 Å². The van der Waals surface area contributed by atoms with Crippen LogP contribution in [0.3, 0.4) is 0 Å². The lowest BCUT2D eigenvalue weighted by Gasteiger charge is -2.03. The molecule has 0 fully saturated rings. The third-order valence-corrected chi connectivity index (χ3v) is 2.13. The van der Waals surface area contributed by atoms with Gasteiger partial charge in [0.15, 0.2) is 0 Å². The number of hydrogen-bond donors (Lipinski definition) is 0. The molecule has 0 radical (unpaired) electrons. The summed E-state index contributed by atoms with van der Waals surface area (Å²) in [6, 6.07) is 10.0. The van der Waals surface area contributed by atoms with Gasteiger partial charge in [-0.05, 0) is 17.5 Å². The summed E-state index contributed by atoms with van der Waals surface area (Å²) in [5, 5.41) is 8.31. The molecular formula is C14H14N2. The van der Waals surface area contributed by atoms with Crippen molar-refractivity contribution in [2.75, 3.05) is 6.54 Å². The molecule has 0 amide bonds. The fourth-order valence-electron chi connectivity index (χ4n) is 1.39. The van der Waals surface area contributed by atoms with Crippen LogP contribution in [0, 0.1) is 11.3 Å². The summed E-state index contributed by atoms with van der Waals surface area (Å²) < 4.78 is 0. The summed E-state index contributed by atoms with van der Waals surface area (Å²) in [4.78, 5) is 3.98. The lowest BCUT2D eigenvalue weighted by Crippen LogP contribution is -1.92. The second-order valence-electron chi connectivity index (χ2n) is 3.21. The first-order valence-corrected chi connectivity index (χ1v) is 5.13. The predicted molar refractivity (Wildman–Crippen MR) is 68.3 cm³/mol. The van der Waals surface area contributed by atoms with Gasteiger partial charge in [-0.3, -0.25) is 4.99 Å². The minimum Gasteiger partial charge on any atom is -0.282 e. The Balaban J connectivity index is 2.71. The maximum absolute atomic E-state index is 8.31. The van der Waals surface area contributed by atoms with Crippen LogP contribution >= 0.6 is 0 Å². The summed E-state index contributed by atoms with van der Waals surface area (Å²) in [6.07, 6.45) is 7.82. The van der Waals surface area contributed by atoms with Gasteiger partial charge >= 0.3 is 0 Å². The van der Waals surface area contributed by atoms with Gasteiger partial charge in [0, 0.05) is 6.54 Å². The molecule has 0 saturated carbocycles. The molecule has 0 aromatic heterocycles. The number of rotatable bonds is 5. The van der Waals surface area contributed by atoms with Gasteiger partial charge in [0.05, 0.1) is 6.21 Å². The zero-order valence-electron chi connectivity index (χ0n) is 9.13. The number of aliphatic imine (C=N–C) groups is 1. The van der Waals surface area contributed by atoms with Crippen molar-refractivity contribution in [2.45, 2.75) is 6.42 Å². The minimum atomic E-state index is 0.645. The smallest absolute Gasteiger partial charge is 0.111 e. The SMILES string of the molecule is C=C/C=C/c1ccccc1CCN=CC#N. The zero-order chi connectivity index (χ0) is 11.6. The molecule has 0 N–H and O–H groups in total. The Morgan fingerprint density at radius 1 is 1.38 bits per heavy atom. The normalized spacial score (nSPS) is 10.7. The average Bonchev–Trinajstić information content (AvgIpc) is 2.33. The number of allylic oxidation sites excluding steroid dienone is 2. The van der Waals surface area contributed by atoms with Gasteiger partial charge in [0.25, 0.3) is 0 Å². The van der Waals surface area contributed by atoms with E-state index < -0.39 is 0 Å². The van der Waals surface area contributed by atoms with E-state index in [0.717, 1.165) is 6.42 Å². The zero-order valence-corrected chi connectivity index (χ0v) is 9.13. The lowest BCUT2D eigenvalue weighted by molar-refractivity contribution is 0.971. The van der Waals surface area contributed by atoms with E-state index in [1.54, 1.807) is 6.08 Å². The van der Waals surface area contributed by atoms with E-state index in [1.807, 2.05) is 30.4 Å². The Morgan fingerprint density at radius 2 is 2.19 bits per heavy atom. The van der Waals surface area contributed by atoms with Crippen LogP contribution in [0.4, 0.5) is 0 Å². The molecule has 2 heteroatoms. The molecule has 16 heavy (non-hydrogen) atoms. The summed E-state index contributed by atoms with van der Waals surface area (Å²) in [5.41, 5.74) is 2.41. The molecule has 0 heterocycles. The van der Waals surface area contributed by atoms with E-state index in [0.29, 0.717) is 6.54 Å². The van der Waals surface area contributed by atoms with Crippen molar-refractivity contribution < 1.29 is 0 Å². The van der Waals surface area contributed by atoms with Crippen LogP contribution in [0.2, 0.25) is 0 Å². The van der Waals surface area contributed by atoms with Gasteiger partial charge in [-0.25, -0.2) is 0 Å². The van der Waals surface area contributed by atoms with E-state index in [4.69, 9.17) is 5.26 Å². The Labute approximate surface area is 96.3 Å². The fraction of sp³-hybridized carbons (Fsp3) is 0.143. The van der Waals surface area contributed by atoms with Crippen LogP contribution in [0.25, 0.3) is 6.08 Å². The van der Waals surface area contributed by atoms with Gasteiger partial charge < -0.3 is 0 Å². The van der Waals surface area contributed by atoms with Crippen molar-refractivity contribution in [1.82, 2.24) is 0 Å². The van der Waals surface area contributed by atoms with Crippen LogP contribution in [-0.4, -0.2) is 12.8 Å². The number of benzene rings is 1. The number of nitriles is 1. The highest BCUT2D eigenvalue weighted by Crippen LogP contribution is 2.11. The van der Waals surface area contributed by atoms with Crippen molar-refractivity contribution in [1.29, 1.82) is 5.26 Å². The first-order chi connectivity index (χ1) is 7.88. The van der Waals surface area contributed by atoms with Gasteiger partial charge in [-0.1, -0.05) is 49.1 Å². The van der Waals surface area contributed by atoms with Crippen molar-refractivity contribution >= 4 is 12.3 Å². The summed E-state index contributed by atoms with van der Waals surface area (Å²) in [5.74, 6) is 0. The molecule has 1 aromatic carbocycles. The number of nitrogens with zero attached hydrogens (tertiary/aromatic N) is 2. The molecule has 0 spiro atoms. The van der Waals surface area contributed by atoms with Crippen molar-refractivity contribution in [2.24, 2.45) is 4.99 Å². The predicted octanol–water partition coefficient (Wildman–Crippen LogP) is 3.02. The summed E-state index contributed by atoms with van der Waals surface area (Å²) >= 11 is 0. The summed E-state index contributed by atoms with van der Waals surface area (Å²) in [7, 11) is 0. The summed E-state index contributed by atoms with van der Waals surface area (Å²) in [6.45, 7) is 4.29. The first-order valence-electron chi connectivity index (χ1n) is 5.13. The average molecular weight is 210 g/mol. The molecular weight excluding hydrogens is 196 g/mol. The monoisotopic (exact) mass is 210 g/mol. The highest BCUT2D eigenvalue weighted by molar-refractivity contribution is 5.74. The molecule has 0 bridgehead atoms. The van der Waals surface area contributed by atoms with Gasteiger partial charge in [0.2, 0.25) is 0 Å². The molecule has 0 unspecified atom stereocenters. The highest BCUT2D eigenvalue weighted by Gasteiger charge is 1.96. The first kappa shape index (κ1) is 11.9. The van der Waals surface area contributed by atoms with E-state index in [2.05, 4.69) is 23.7 Å². The minimum absolute atomic E-state index is 0.645. The largest absolute Gasteiger partial charge is 0.282 e. The molecule has 1 rings (SSSR count). The third-order valence-electron chi connectivity index (χ3n) is 2.13. The maximum Gasteiger partial charge on any atom is 0.111 e. The molecule has 80 valence electrons. The molecule has 0 atom stereocenters. The lowest BCUT2D eigenvalue weighted by atomic mass is 10.0. The molecule has 0 aliphatic rings. The van der Waals surface area contributed by atoms with Crippen LogP contribution < -0.4 is 0 Å². The van der Waals surface area contributed by atoms with Crippen LogP contribution in [-0.2, 0) is 6.42 Å². The maximum atomic E-state index is 8.31. The van der Waals surface area contributed by atoms with Crippen LogP contribution in [0.5, 0.6) is 0 Å². The van der Waals surface area contributed by atoms with E-state index in [1.165, 1.54) is 17.3 Å². The highest BCUT2D eigenvalue weighted by atomic mass is 14.7. The van der Waals surface area contributed by atoms with Gasteiger partial charge in [0.1, 0.15) is 6.07 Å².